The lowest BCUT2D eigenvalue weighted by atomic mass is 10.0. The number of benzene rings is 3. The number of para-hydroxylation sites is 3. The van der Waals surface area contributed by atoms with E-state index in [4.69, 9.17) is 10.7 Å². The molecular weight excluding hydrogens is 412 g/mol. The van der Waals surface area contributed by atoms with Gasteiger partial charge in [-0.15, -0.1) is 0 Å². The van der Waals surface area contributed by atoms with Gasteiger partial charge in [0.25, 0.3) is 5.91 Å². The molecule has 0 spiro atoms. The molecule has 3 aromatic carbocycles. The second-order valence-corrected chi connectivity index (χ2v) is 8.03. The first kappa shape index (κ1) is 22.0. The van der Waals surface area contributed by atoms with Gasteiger partial charge in [-0.25, -0.2) is 4.98 Å². The first-order chi connectivity index (χ1) is 15.9. The highest BCUT2D eigenvalue weighted by Gasteiger charge is 2.20. The van der Waals surface area contributed by atoms with Crippen molar-refractivity contribution in [2.75, 3.05) is 17.7 Å². The lowest BCUT2D eigenvalue weighted by Gasteiger charge is -2.22. The maximum Gasteiger partial charge on any atom is 0.252 e. The van der Waals surface area contributed by atoms with Crippen molar-refractivity contribution in [3.05, 3.63) is 90.5 Å². The summed E-state index contributed by atoms with van der Waals surface area (Å²) in [4.78, 5) is 32.3. The number of carbonyl (C=O) groups is 2. The molecule has 6 heteroatoms. The van der Waals surface area contributed by atoms with Crippen LogP contribution in [0.15, 0.2) is 84.9 Å². The third-order valence-electron chi connectivity index (χ3n) is 5.56. The van der Waals surface area contributed by atoms with E-state index in [1.54, 1.807) is 25.2 Å². The summed E-state index contributed by atoms with van der Waals surface area (Å²) in [7, 11) is 1.69. The van der Waals surface area contributed by atoms with E-state index in [2.05, 4.69) is 5.32 Å². The Morgan fingerprint density at radius 3 is 2.39 bits per heavy atom. The zero-order valence-corrected chi connectivity index (χ0v) is 18.7. The van der Waals surface area contributed by atoms with Crippen LogP contribution in [0.2, 0.25) is 0 Å². The number of nitrogen functional groups attached to an aromatic ring is 1. The third kappa shape index (κ3) is 4.85. The van der Waals surface area contributed by atoms with Crippen molar-refractivity contribution in [1.82, 2.24) is 10.3 Å². The van der Waals surface area contributed by atoms with Crippen molar-refractivity contribution >= 4 is 34.1 Å². The fraction of sp³-hybridized carbons (Fsp3) is 0.148. The van der Waals surface area contributed by atoms with E-state index >= 15 is 0 Å². The number of pyridine rings is 1. The largest absolute Gasteiger partial charge is 0.397 e. The number of hydrogen-bond donors (Lipinski definition) is 2. The fourth-order valence-corrected chi connectivity index (χ4v) is 3.80. The van der Waals surface area contributed by atoms with Crippen LogP contribution < -0.4 is 16.0 Å². The van der Waals surface area contributed by atoms with E-state index in [0.29, 0.717) is 16.9 Å². The molecule has 1 heterocycles. The Kier molecular flexibility index (Phi) is 6.36. The van der Waals surface area contributed by atoms with E-state index in [-0.39, 0.29) is 24.3 Å². The van der Waals surface area contributed by atoms with E-state index in [1.165, 1.54) is 4.90 Å². The Morgan fingerprint density at radius 1 is 0.970 bits per heavy atom. The van der Waals surface area contributed by atoms with Gasteiger partial charge in [-0.05, 0) is 31.2 Å². The summed E-state index contributed by atoms with van der Waals surface area (Å²) >= 11 is 0. The summed E-state index contributed by atoms with van der Waals surface area (Å²) in [5, 5.41) is 3.74. The average Bonchev–Trinajstić information content (AvgIpc) is 2.83. The number of hydrogen-bond acceptors (Lipinski definition) is 4. The molecular formula is C27H26N4O2. The smallest absolute Gasteiger partial charge is 0.252 e. The monoisotopic (exact) mass is 438 g/mol. The van der Waals surface area contributed by atoms with Crippen molar-refractivity contribution in [3.8, 4) is 11.3 Å². The van der Waals surface area contributed by atoms with Gasteiger partial charge in [-0.1, -0.05) is 60.7 Å². The molecule has 0 saturated carbocycles. The maximum atomic E-state index is 13.2. The number of nitrogens with one attached hydrogen (secondary N) is 1. The van der Waals surface area contributed by atoms with Gasteiger partial charge in [-0.2, -0.15) is 0 Å². The zero-order valence-electron chi connectivity index (χ0n) is 18.7. The van der Waals surface area contributed by atoms with Crippen molar-refractivity contribution in [3.63, 3.8) is 0 Å². The van der Waals surface area contributed by atoms with Gasteiger partial charge in [0.1, 0.15) is 0 Å². The molecule has 0 aliphatic heterocycles. The molecule has 33 heavy (non-hydrogen) atoms. The van der Waals surface area contributed by atoms with Crippen LogP contribution in [-0.4, -0.2) is 29.9 Å². The number of fused-ring (bicyclic) bond motifs is 1. The Labute approximate surface area is 193 Å². The molecule has 4 rings (SSSR count). The van der Waals surface area contributed by atoms with Gasteiger partial charge in [0, 0.05) is 30.5 Å². The standard InChI is InChI=1S/C27H26N4O2/c1-18(16-26(32)31(2)25-15-9-7-13-22(25)28)29-27(33)21-17-24(19-10-4-3-5-11-19)30-23-14-8-6-12-20(21)23/h3-15,17-18H,16,28H2,1-2H3,(H,29,33). The minimum atomic E-state index is -0.371. The van der Waals surface area contributed by atoms with Gasteiger partial charge < -0.3 is 16.0 Å². The summed E-state index contributed by atoms with van der Waals surface area (Å²) in [6, 6.07) is 25.9. The predicted octanol–water partition coefficient (Wildman–Crippen LogP) is 4.66. The molecule has 1 atom stereocenters. The molecule has 4 aromatic rings. The predicted molar refractivity (Wildman–Crippen MR) is 133 cm³/mol. The van der Waals surface area contributed by atoms with Crippen LogP contribution in [0, 0.1) is 0 Å². The highest BCUT2D eigenvalue weighted by atomic mass is 16.2. The molecule has 3 N–H and O–H groups in total. The Hall–Kier alpha value is -4.19. The molecule has 0 fully saturated rings. The normalized spacial score (nSPS) is 11.7. The number of amides is 2. The van der Waals surface area contributed by atoms with Crippen molar-refractivity contribution in [1.29, 1.82) is 0 Å². The van der Waals surface area contributed by atoms with Crippen molar-refractivity contribution in [2.24, 2.45) is 0 Å². The molecule has 6 nitrogen and oxygen atoms in total. The van der Waals surface area contributed by atoms with Gasteiger partial charge in [0.05, 0.1) is 28.1 Å². The Morgan fingerprint density at radius 2 is 1.64 bits per heavy atom. The van der Waals surface area contributed by atoms with Crippen molar-refractivity contribution in [2.45, 2.75) is 19.4 Å². The van der Waals surface area contributed by atoms with Gasteiger partial charge in [0.2, 0.25) is 5.91 Å². The molecule has 0 radical (unpaired) electrons. The first-order valence-electron chi connectivity index (χ1n) is 10.8. The Bertz CT molecular complexity index is 1300. The minimum Gasteiger partial charge on any atom is -0.397 e. The topological polar surface area (TPSA) is 88.3 Å². The van der Waals surface area contributed by atoms with Crippen LogP contribution in [-0.2, 0) is 4.79 Å². The molecule has 2 amide bonds. The summed E-state index contributed by atoms with van der Waals surface area (Å²) in [6.07, 6.45) is 0.144. The first-order valence-corrected chi connectivity index (χ1v) is 10.8. The SMILES string of the molecule is CC(CC(=O)N(C)c1ccccc1N)NC(=O)c1cc(-c2ccccc2)nc2ccccc12. The van der Waals surface area contributed by atoms with Crippen LogP contribution in [0.5, 0.6) is 0 Å². The molecule has 0 aliphatic carbocycles. The van der Waals surface area contributed by atoms with Crippen LogP contribution in [0.3, 0.4) is 0 Å². The lowest BCUT2D eigenvalue weighted by Crippen LogP contribution is -2.38. The zero-order chi connectivity index (χ0) is 23.4. The van der Waals surface area contributed by atoms with E-state index < -0.39 is 0 Å². The quantitative estimate of drug-likeness (QED) is 0.429. The molecule has 0 saturated heterocycles. The number of anilines is 2. The second kappa shape index (κ2) is 9.53. The van der Waals surface area contributed by atoms with Crippen LogP contribution >= 0.6 is 0 Å². The highest BCUT2D eigenvalue weighted by molar-refractivity contribution is 6.07. The summed E-state index contributed by atoms with van der Waals surface area (Å²) < 4.78 is 0. The molecule has 0 aliphatic rings. The minimum absolute atomic E-state index is 0.134. The molecule has 1 unspecified atom stereocenters. The van der Waals surface area contributed by atoms with E-state index in [9.17, 15) is 9.59 Å². The van der Waals surface area contributed by atoms with E-state index in [0.717, 1.165) is 22.2 Å². The fourth-order valence-electron chi connectivity index (χ4n) is 3.80. The number of carbonyl (C=O) groups excluding carboxylic acids is 2. The summed E-state index contributed by atoms with van der Waals surface area (Å²) in [6.45, 7) is 1.82. The summed E-state index contributed by atoms with van der Waals surface area (Å²) in [5.41, 5.74) is 10.1. The average molecular weight is 439 g/mol. The van der Waals surface area contributed by atoms with Crippen LogP contribution in [0.25, 0.3) is 22.2 Å². The van der Waals surface area contributed by atoms with Gasteiger partial charge in [-0.3, -0.25) is 9.59 Å². The number of nitrogens with two attached hydrogens (primary N) is 1. The van der Waals surface area contributed by atoms with E-state index in [1.807, 2.05) is 73.7 Å². The second-order valence-electron chi connectivity index (χ2n) is 8.03. The number of rotatable bonds is 6. The molecule has 166 valence electrons. The Balaban J connectivity index is 1.55. The van der Waals surface area contributed by atoms with Gasteiger partial charge in [0.15, 0.2) is 0 Å². The third-order valence-corrected chi connectivity index (χ3v) is 5.56. The van der Waals surface area contributed by atoms with Crippen LogP contribution in [0.4, 0.5) is 11.4 Å². The maximum absolute atomic E-state index is 13.2. The lowest BCUT2D eigenvalue weighted by molar-refractivity contribution is -0.118. The van der Waals surface area contributed by atoms with Crippen LogP contribution in [0.1, 0.15) is 23.7 Å². The van der Waals surface area contributed by atoms with Crippen molar-refractivity contribution < 1.29 is 9.59 Å². The number of nitrogens with zero attached hydrogens (tertiary/aromatic N) is 2. The number of aromatic nitrogens is 1. The summed E-state index contributed by atoms with van der Waals surface area (Å²) in [5.74, 6) is -0.377. The van der Waals surface area contributed by atoms with Gasteiger partial charge >= 0.3 is 0 Å². The molecule has 0 bridgehead atoms. The molecule has 1 aromatic heterocycles. The highest BCUT2D eigenvalue weighted by Crippen LogP contribution is 2.25.